The predicted octanol–water partition coefficient (Wildman–Crippen LogP) is 2.80. The second kappa shape index (κ2) is 8.56. The molecule has 9 heteroatoms. The molecule has 152 valence electrons. The monoisotopic (exact) mass is 412 g/mol. The number of nitrogens with zero attached hydrogens (tertiary/aromatic N) is 6. The average Bonchev–Trinajstić information content (AvgIpc) is 3.48. The number of hydrogen-bond donors (Lipinski definition) is 0. The molecule has 29 heavy (non-hydrogen) atoms. The molecule has 0 spiro atoms. The fourth-order valence-corrected chi connectivity index (χ4v) is 4.51. The molecule has 3 aromatic rings. The molecule has 0 unspecified atom stereocenters. The first kappa shape index (κ1) is 18.7. The third-order valence-corrected chi connectivity index (χ3v) is 6.42. The number of ether oxygens (including phenoxy) is 1. The minimum absolute atomic E-state index is 0.345. The normalized spacial score (nSPS) is 19.0. The molecule has 0 atom stereocenters. The number of anilines is 1. The maximum atomic E-state index is 5.93. The molecule has 0 bridgehead atoms. The summed E-state index contributed by atoms with van der Waals surface area (Å²) in [7, 11) is 0. The summed E-state index contributed by atoms with van der Waals surface area (Å²) in [5.74, 6) is 2.75. The van der Waals surface area contributed by atoms with E-state index in [1.807, 2.05) is 6.07 Å². The van der Waals surface area contributed by atoms with Gasteiger partial charge >= 0.3 is 0 Å². The molecule has 2 aliphatic rings. The van der Waals surface area contributed by atoms with Gasteiger partial charge in [0.2, 0.25) is 11.8 Å². The minimum Gasteiger partial charge on any atom is -0.424 e. The van der Waals surface area contributed by atoms with E-state index >= 15 is 0 Å². The molecule has 8 nitrogen and oxygen atoms in total. The Morgan fingerprint density at radius 1 is 0.966 bits per heavy atom. The highest BCUT2D eigenvalue weighted by molar-refractivity contribution is 7.13. The van der Waals surface area contributed by atoms with Gasteiger partial charge in [-0.1, -0.05) is 6.07 Å². The van der Waals surface area contributed by atoms with Crippen LogP contribution in [0.4, 0.5) is 5.82 Å². The van der Waals surface area contributed by atoms with Crippen molar-refractivity contribution < 1.29 is 9.15 Å². The van der Waals surface area contributed by atoms with Crippen molar-refractivity contribution in [3.63, 3.8) is 0 Å². The third kappa shape index (κ3) is 4.31. The van der Waals surface area contributed by atoms with Gasteiger partial charge in [-0.2, -0.15) is 0 Å². The molecule has 3 aromatic heterocycles. The molecule has 2 saturated heterocycles. The highest BCUT2D eigenvalue weighted by Gasteiger charge is 2.24. The summed E-state index contributed by atoms with van der Waals surface area (Å²) in [5.41, 5.74) is 0.930. The summed E-state index contributed by atoms with van der Waals surface area (Å²) in [4.78, 5) is 5.78. The van der Waals surface area contributed by atoms with Gasteiger partial charge in [0, 0.05) is 45.3 Å². The van der Waals surface area contributed by atoms with Crippen LogP contribution in [0.2, 0.25) is 0 Å². The van der Waals surface area contributed by atoms with Gasteiger partial charge in [-0.05, 0) is 36.4 Å². The van der Waals surface area contributed by atoms with E-state index < -0.39 is 0 Å². The highest BCUT2D eigenvalue weighted by Crippen LogP contribution is 2.26. The van der Waals surface area contributed by atoms with Gasteiger partial charge < -0.3 is 14.1 Å². The number of thiophene rings is 1. The Morgan fingerprint density at radius 3 is 2.55 bits per heavy atom. The van der Waals surface area contributed by atoms with Crippen molar-refractivity contribution in [2.75, 3.05) is 44.3 Å². The van der Waals surface area contributed by atoms with Gasteiger partial charge in [0.1, 0.15) is 5.69 Å². The van der Waals surface area contributed by atoms with Gasteiger partial charge in [-0.15, -0.1) is 31.7 Å². The molecular formula is C20H24N6O2S. The van der Waals surface area contributed by atoms with Gasteiger partial charge in [-0.3, -0.25) is 4.90 Å². The van der Waals surface area contributed by atoms with E-state index in [0.717, 1.165) is 74.5 Å². The van der Waals surface area contributed by atoms with Crippen LogP contribution in [0.25, 0.3) is 10.6 Å². The number of rotatable bonds is 5. The Bertz CT molecular complexity index is 899. The van der Waals surface area contributed by atoms with Crippen molar-refractivity contribution >= 4 is 17.2 Å². The number of aromatic nitrogens is 4. The molecule has 2 aliphatic heterocycles. The molecule has 0 aliphatic carbocycles. The Labute approximate surface area is 173 Å². The van der Waals surface area contributed by atoms with Crippen molar-refractivity contribution in [1.29, 1.82) is 0 Å². The Balaban J connectivity index is 1.14. The van der Waals surface area contributed by atoms with Crippen LogP contribution in [0.5, 0.6) is 0 Å². The zero-order chi connectivity index (χ0) is 19.5. The molecule has 0 N–H and O–H groups in total. The van der Waals surface area contributed by atoms with Gasteiger partial charge in [0.15, 0.2) is 5.82 Å². The second-order valence-electron chi connectivity index (χ2n) is 7.44. The van der Waals surface area contributed by atoms with E-state index in [1.165, 1.54) is 0 Å². The quantitative estimate of drug-likeness (QED) is 0.633. The Hall–Kier alpha value is -2.36. The number of hydrogen-bond acceptors (Lipinski definition) is 9. The van der Waals surface area contributed by atoms with Crippen molar-refractivity contribution in [1.82, 2.24) is 25.3 Å². The maximum Gasteiger partial charge on any atom is 0.230 e. The van der Waals surface area contributed by atoms with Crippen LogP contribution in [-0.4, -0.2) is 64.7 Å². The van der Waals surface area contributed by atoms with Crippen LogP contribution in [0.3, 0.4) is 0 Å². The fraction of sp³-hybridized carbons (Fsp3) is 0.500. The maximum absolute atomic E-state index is 5.93. The van der Waals surface area contributed by atoms with E-state index in [-0.39, 0.29) is 0 Å². The Kier molecular flexibility index (Phi) is 5.51. The van der Waals surface area contributed by atoms with E-state index in [1.54, 1.807) is 11.3 Å². The standard InChI is InChI=1S/C20H24N6O2S/c1-2-17(29-13-1)16-3-4-18(22-21-16)26-9-7-25(8-10-26)14-19-23-24-20(28-19)15-5-11-27-12-6-15/h1-4,13,15H,5-12,14H2. The second-order valence-corrected chi connectivity index (χ2v) is 8.39. The van der Waals surface area contributed by atoms with Crippen LogP contribution in [0, 0.1) is 0 Å². The first-order valence-corrected chi connectivity index (χ1v) is 11.0. The summed E-state index contributed by atoms with van der Waals surface area (Å²) in [6, 6.07) is 8.22. The summed E-state index contributed by atoms with van der Waals surface area (Å²) in [6.07, 6.45) is 1.93. The molecular weight excluding hydrogens is 388 g/mol. The lowest BCUT2D eigenvalue weighted by Gasteiger charge is -2.34. The minimum atomic E-state index is 0.345. The van der Waals surface area contributed by atoms with Crippen LogP contribution in [0.1, 0.15) is 30.5 Å². The van der Waals surface area contributed by atoms with Gasteiger partial charge in [0.05, 0.1) is 11.4 Å². The summed E-state index contributed by atoms with van der Waals surface area (Å²) >= 11 is 1.68. The lowest BCUT2D eigenvalue weighted by atomic mass is 10.0. The van der Waals surface area contributed by atoms with Crippen LogP contribution >= 0.6 is 11.3 Å². The summed E-state index contributed by atoms with van der Waals surface area (Å²) in [5, 5.41) is 19.4. The molecule has 5 rings (SSSR count). The SMILES string of the molecule is c1csc(-c2ccc(N3CCN(Cc4nnc(C5CCOCC5)o4)CC3)nn2)c1. The van der Waals surface area contributed by atoms with Gasteiger partial charge in [-0.25, -0.2) is 0 Å². The Morgan fingerprint density at radius 2 is 1.83 bits per heavy atom. The predicted molar refractivity (Wildman–Crippen MR) is 110 cm³/mol. The van der Waals surface area contributed by atoms with E-state index in [4.69, 9.17) is 9.15 Å². The molecule has 0 aromatic carbocycles. The lowest BCUT2D eigenvalue weighted by Crippen LogP contribution is -2.46. The molecule has 2 fully saturated rings. The van der Waals surface area contributed by atoms with Crippen molar-refractivity contribution in [2.45, 2.75) is 25.3 Å². The van der Waals surface area contributed by atoms with E-state index in [9.17, 15) is 0 Å². The van der Waals surface area contributed by atoms with Gasteiger partial charge in [0.25, 0.3) is 0 Å². The van der Waals surface area contributed by atoms with Crippen molar-refractivity contribution in [3.8, 4) is 10.6 Å². The first-order valence-electron chi connectivity index (χ1n) is 10.1. The van der Waals surface area contributed by atoms with Crippen molar-refractivity contribution in [3.05, 3.63) is 41.4 Å². The zero-order valence-electron chi connectivity index (χ0n) is 16.2. The summed E-state index contributed by atoms with van der Waals surface area (Å²) < 4.78 is 11.3. The molecule has 0 radical (unpaired) electrons. The number of piperazine rings is 1. The third-order valence-electron chi connectivity index (χ3n) is 5.53. The average molecular weight is 413 g/mol. The van der Waals surface area contributed by atoms with Crippen LogP contribution in [-0.2, 0) is 11.3 Å². The topological polar surface area (TPSA) is 80.4 Å². The van der Waals surface area contributed by atoms with Crippen molar-refractivity contribution in [2.24, 2.45) is 0 Å². The fourth-order valence-electron chi connectivity index (χ4n) is 3.82. The first-order chi connectivity index (χ1) is 14.3. The zero-order valence-corrected chi connectivity index (χ0v) is 17.1. The molecule has 0 saturated carbocycles. The van der Waals surface area contributed by atoms with Crippen LogP contribution in [0.15, 0.2) is 34.1 Å². The van der Waals surface area contributed by atoms with E-state index in [2.05, 4.69) is 53.8 Å². The van der Waals surface area contributed by atoms with E-state index in [0.29, 0.717) is 18.4 Å². The smallest absolute Gasteiger partial charge is 0.230 e. The largest absolute Gasteiger partial charge is 0.424 e. The molecule has 0 amide bonds. The highest BCUT2D eigenvalue weighted by atomic mass is 32.1. The lowest BCUT2D eigenvalue weighted by molar-refractivity contribution is 0.0788. The summed E-state index contributed by atoms with van der Waals surface area (Å²) in [6.45, 7) is 5.95. The van der Waals surface area contributed by atoms with Crippen LogP contribution < -0.4 is 4.90 Å². The molecule has 5 heterocycles.